The van der Waals surface area contributed by atoms with E-state index < -0.39 is 0 Å². The Labute approximate surface area is 196 Å². The third kappa shape index (κ3) is 4.97. The van der Waals surface area contributed by atoms with E-state index in [1.807, 2.05) is 62.4 Å². The predicted molar refractivity (Wildman–Crippen MR) is 129 cm³/mol. The summed E-state index contributed by atoms with van der Waals surface area (Å²) in [5.74, 6) is 1.32. The lowest BCUT2D eigenvalue weighted by Gasteiger charge is -2.13. The van der Waals surface area contributed by atoms with E-state index in [0.29, 0.717) is 39.5 Å². The molecule has 4 rings (SSSR count). The van der Waals surface area contributed by atoms with E-state index in [1.54, 1.807) is 14.2 Å². The second-order valence-electron chi connectivity index (χ2n) is 7.55. The van der Waals surface area contributed by atoms with Crippen LogP contribution in [0.4, 0.5) is 5.69 Å². The number of nitrogens with one attached hydrogen (secondary N) is 1. The Bertz CT molecular complexity index is 1290. The van der Waals surface area contributed by atoms with Gasteiger partial charge >= 0.3 is 0 Å². The molecule has 1 amide bonds. The van der Waals surface area contributed by atoms with E-state index in [4.69, 9.17) is 14.2 Å². The van der Waals surface area contributed by atoms with Crippen molar-refractivity contribution in [3.8, 4) is 11.6 Å². The van der Waals surface area contributed by atoms with Crippen molar-refractivity contribution in [3.05, 3.63) is 75.9 Å². The third-order valence-corrected chi connectivity index (χ3v) is 6.28. The number of hydrogen-bond donors (Lipinski definition) is 1. The fraction of sp³-hybridized carbons (Fsp3) is 0.240. The van der Waals surface area contributed by atoms with Gasteiger partial charge in [0.2, 0.25) is 5.88 Å². The van der Waals surface area contributed by atoms with Crippen molar-refractivity contribution in [2.45, 2.75) is 27.1 Å². The summed E-state index contributed by atoms with van der Waals surface area (Å²) in [7, 11) is 3.13. The molecule has 0 unspecified atom stereocenters. The van der Waals surface area contributed by atoms with Crippen LogP contribution in [0.15, 0.2) is 48.5 Å². The number of methoxy groups -OCH3 is 2. The molecule has 0 aliphatic carbocycles. The second-order valence-corrected chi connectivity index (χ2v) is 8.55. The smallest absolute Gasteiger partial charge is 0.266 e. The van der Waals surface area contributed by atoms with Crippen molar-refractivity contribution in [2.75, 3.05) is 19.5 Å². The molecule has 0 aliphatic rings. The average molecular weight is 464 g/mol. The van der Waals surface area contributed by atoms with Gasteiger partial charge in [0.05, 0.1) is 23.1 Å². The number of thiophene rings is 1. The molecular formula is C25H25N3O4S. The fourth-order valence-corrected chi connectivity index (χ4v) is 4.55. The Morgan fingerprint density at radius 1 is 1.03 bits per heavy atom. The van der Waals surface area contributed by atoms with E-state index in [9.17, 15) is 4.79 Å². The van der Waals surface area contributed by atoms with E-state index in [0.717, 1.165) is 22.1 Å². The molecule has 2 aromatic carbocycles. The van der Waals surface area contributed by atoms with Crippen LogP contribution in [0.1, 0.15) is 32.2 Å². The van der Waals surface area contributed by atoms with Gasteiger partial charge in [-0.25, -0.2) is 4.98 Å². The average Bonchev–Trinajstić information content (AvgIpc) is 3.16. The Morgan fingerprint density at radius 2 is 1.82 bits per heavy atom. The number of amides is 1. The number of anilines is 1. The zero-order valence-electron chi connectivity index (χ0n) is 19.0. The minimum absolute atomic E-state index is 0.237. The Kier molecular flexibility index (Phi) is 6.86. The molecule has 4 aromatic rings. The van der Waals surface area contributed by atoms with Gasteiger partial charge in [-0.1, -0.05) is 36.4 Å². The van der Waals surface area contributed by atoms with Crippen molar-refractivity contribution in [3.63, 3.8) is 0 Å². The molecule has 8 heteroatoms. The first-order valence-corrected chi connectivity index (χ1v) is 11.2. The fourth-order valence-electron chi connectivity index (χ4n) is 3.47. The highest BCUT2D eigenvalue weighted by Crippen LogP contribution is 2.36. The summed E-state index contributed by atoms with van der Waals surface area (Å²) in [5.41, 5.74) is 3.47. The lowest BCUT2D eigenvalue weighted by molar-refractivity contribution is 0.102. The Balaban J connectivity index is 1.62. The molecule has 0 saturated carbocycles. The van der Waals surface area contributed by atoms with Crippen LogP contribution in [0, 0.1) is 13.8 Å². The van der Waals surface area contributed by atoms with Gasteiger partial charge in [-0.2, -0.15) is 4.98 Å². The van der Waals surface area contributed by atoms with Gasteiger partial charge < -0.3 is 19.5 Å². The van der Waals surface area contributed by atoms with Gasteiger partial charge in [-0.15, -0.1) is 11.3 Å². The van der Waals surface area contributed by atoms with Crippen molar-refractivity contribution >= 4 is 33.1 Å². The summed E-state index contributed by atoms with van der Waals surface area (Å²) < 4.78 is 16.7. The lowest BCUT2D eigenvalue weighted by Crippen LogP contribution is -2.12. The van der Waals surface area contributed by atoms with E-state index in [2.05, 4.69) is 15.3 Å². The molecule has 0 atom stereocenters. The van der Waals surface area contributed by atoms with Crippen molar-refractivity contribution in [2.24, 2.45) is 0 Å². The maximum Gasteiger partial charge on any atom is 0.266 e. The van der Waals surface area contributed by atoms with Crippen LogP contribution in [0.3, 0.4) is 0 Å². The maximum absolute atomic E-state index is 13.3. The highest BCUT2D eigenvalue weighted by Gasteiger charge is 2.22. The number of fused-ring (bicyclic) bond motifs is 1. The van der Waals surface area contributed by atoms with Crippen molar-refractivity contribution in [1.29, 1.82) is 0 Å². The molecule has 1 N–H and O–H groups in total. The van der Waals surface area contributed by atoms with Crippen LogP contribution in [0.5, 0.6) is 11.6 Å². The maximum atomic E-state index is 13.3. The number of benzene rings is 2. The van der Waals surface area contributed by atoms with E-state index in [1.165, 1.54) is 11.3 Å². The number of carbonyl (C=O) groups excluding carboxylic acids is 1. The second kappa shape index (κ2) is 9.97. The molecule has 170 valence electrons. The summed E-state index contributed by atoms with van der Waals surface area (Å²) in [6, 6.07) is 15.6. The summed E-state index contributed by atoms with van der Waals surface area (Å²) in [4.78, 5) is 23.4. The molecule has 33 heavy (non-hydrogen) atoms. The normalized spacial score (nSPS) is 10.9. The van der Waals surface area contributed by atoms with Gasteiger partial charge in [0.1, 0.15) is 23.8 Å². The standard InChI is InChI=1S/C25H25N3O4S/c1-15-10-11-18(19(12-15)32-13-17-8-6-5-7-9-17)26-23(29)22-16(2)21-24(31-4)27-20(14-30-3)28-25(21)33-22/h5-12H,13-14H2,1-4H3,(H,26,29). The summed E-state index contributed by atoms with van der Waals surface area (Å²) in [6.07, 6.45) is 0. The number of carbonyl (C=O) groups is 1. The first kappa shape index (κ1) is 22.7. The van der Waals surface area contributed by atoms with E-state index in [-0.39, 0.29) is 12.5 Å². The quantitative estimate of drug-likeness (QED) is 0.382. The SMILES string of the molecule is COCc1nc(OC)c2c(C)c(C(=O)Nc3ccc(C)cc3OCc3ccccc3)sc2n1. The van der Waals surface area contributed by atoms with Gasteiger partial charge in [0.25, 0.3) is 5.91 Å². The van der Waals surface area contributed by atoms with Crippen molar-refractivity contribution < 1.29 is 19.0 Å². The number of ether oxygens (including phenoxy) is 3. The number of aromatic nitrogens is 2. The molecule has 0 aliphatic heterocycles. The van der Waals surface area contributed by atoms with Crippen LogP contribution in [0.2, 0.25) is 0 Å². The van der Waals surface area contributed by atoms with Gasteiger partial charge in [-0.3, -0.25) is 4.79 Å². The number of aryl methyl sites for hydroxylation is 2. The highest BCUT2D eigenvalue weighted by atomic mass is 32.1. The van der Waals surface area contributed by atoms with Crippen LogP contribution >= 0.6 is 11.3 Å². The number of nitrogens with zero attached hydrogens (tertiary/aromatic N) is 2. The largest absolute Gasteiger partial charge is 0.487 e. The minimum Gasteiger partial charge on any atom is -0.487 e. The molecular weight excluding hydrogens is 438 g/mol. The van der Waals surface area contributed by atoms with Crippen LogP contribution in [-0.2, 0) is 18.0 Å². The topological polar surface area (TPSA) is 82.6 Å². The third-order valence-electron chi connectivity index (χ3n) is 5.10. The molecule has 2 heterocycles. The zero-order valence-corrected chi connectivity index (χ0v) is 19.8. The van der Waals surface area contributed by atoms with Gasteiger partial charge in [-0.05, 0) is 42.7 Å². The molecule has 0 spiro atoms. The molecule has 7 nitrogen and oxygen atoms in total. The summed E-state index contributed by atoms with van der Waals surface area (Å²) >= 11 is 1.30. The monoisotopic (exact) mass is 463 g/mol. The van der Waals surface area contributed by atoms with Crippen LogP contribution < -0.4 is 14.8 Å². The summed E-state index contributed by atoms with van der Waals surface area (Å²) in [6.45, 7) is 4.53. The highest BCUT2D eigenvalue weighted by molar-refractivity contribution is 7.20. The Morgan fingerprint density at radius 3 is 2.55 bits per heavy atom. The molecule has 0 saturated heterocycles. The van der Waals surface area contributed by atoms with Gasteiger partial charge in [0, 0.05) is 7.11 Å². The van der Waals surface area contributed by atoms with Gasteiger partial charge in [0.15, 0.2) is 5.82 Å². The molecule has 0 fully saturated rings. The van der Waals surface area contributed by atoms with Crippen LogP contribution in [0.25, 0.3) is 10.2 Å². The first-order chi connectivity index (χ1) is 16.0. The predicted octanol–water partition coefficient (Wildman–Crippen LogP) is 5.29. The molecule has 0 radical (unpaired) electrons. The summed E-state index contributed by atoms with van der Waals surface area (Å²) in [5, 5.41) is 3.74. The zero-order chi connectivity index (χ0) is 23.4. The molecule has 2 aromatic heterocycles. The lowest BCUT2D eigenvalue weighted by atomic mass is 10.1. The first-order valence-electron chi connectivity index (χ1n) is 10.4. The number of rotatable bonds is 8. The van der Waals surface area contributed by atoms with E-state index >= 15 is 0 Å². The Hall–Kier alpha value is -3.49. The van der Waals surface area contributed by atoms with Crippen molar-refractivity contribution in [1.82, 2.24) is 9.97 Å². The van der Waals surface area contributed by atoms with Crippen LogP contribution in [-0.4, -0.2) is 30.1 Å². The molecule has 0 bridgehead atoms. The minimum atomic E-state index is -0.237. The number of hydrogen-bond acceptors (Lipinski definition) is 7.